The molecule has 1 unspecified atom stereocenters. The first kappa shape index (κ1) is 17.2. The first-order valence-corrected chi connectivity index (χ1v) is 9.89. The molecule has 0 radical (unpaired) electrons. The molecule has 3 aromatic rings. The van der Waals surface area contributed by atoms with Crippen LogP contribution in [0, 0.1) is 0 Å². The van der Waals surface area contributed by atoms with Crippen molar-refractivity contribution in [2.75, 3.05) is 13.2 Å². The number of rotatable bonds is 7. The van der Waals surface area contributed by atoms with Crippen molar-refractivity contribution in [1.29, 1.82) is 0 Å². The summed E-state index contributed by atoms with van der Waals surface area (Å²) in [6, 6.07) is 17.6. The van der Waals surface area contributed by atoms with E-state index in [0.29, 0.717) is 6.04 Å². The molecule has 136 valence electrons. The van der Waals surface area contributed by atoms with Crippen molar-refractivity contribution in [3.05, 3.63) is 65.4 Å². The number of benzene rings is 2. The maximum Gasteiger partial charge on any atom is 0.120 e. The summed E-state index contributed by atoms with van der Waals surface area (Å²) in [6.45, 7) is 3.93. The molecule has 1 aliphatic rings. The highest BCUT2D eigenvalue weighted by atomic mass is 16.5. The lowest BCUT2D eigenvalue weighted by Crippen LogP contribution is -2.27. The summed E-state index contributed by atoms with van der Waals surface area (Å²) in [4.78, 5) is 3.68. The minimum atomic E-state index is 0.426. The van der Waals surface area contributed by atoms with E-state index in [2.05, 4.69) is 65.8 Å². The van der Waals surface area contributed by atoms with Gasteiger partial charge < -0.3 is 15.0 Å². The van der Waals surface area contributed by atoms with Crippen molar-refractivity contribution in [2.45, 2.75) is 45.1 Å². The monoisotopic (exact) mass is 348 g/mol. The SMILES string of the molecule is CCCOc1ccc2[nH]c3c(c2c1)CCCC3NCCc1ccccc1. The minimum Gasteiger partial charge on any atom is -0.494 e. The van der Waals surface area contributed by atoms with Gasteiger partial charge in [0.25, 0.3) is 0 Å². The van der Waals surface area contributed by atoms with Crippen LogP contribution < -0.4 is 10.1 Å². The van der Waals surface area contributed by atoms with E-state index >= 15 is 0 Å². The van der Waals surface area contributed by atoms with Crippen LogP contribution in [-0.4, -0.2) is 18.1 Å². The second-order valence-electron chi connectivity index (χ2n) is 7.21. The Bertz CT molecular complexity index is 853. The van der Waals surface area contributed by atoms with Crippen LogP contribution in [-0.2, 0) is 12.8 Å². The number of nitrogens with one attached hydrogen (secondary N) is 2. The average Bonchev–Trinajstić information content (AvgIpc) is 3.06. The summed E-state index contributed by atoms with van der Waals surface area (Å²) >= 11 is 0. The van der Waals surface area contributed by atoms with Gasteiger partial charge in [-0.3, -0.25) is 0 Å². The Balaban J connectivity index is 1.50. The van der Waals surface area contributed by atoms with Crippen molar-refractivity contribution < 1.29 is 4.74 Å². The maximum atomic E-state index is 5.83. The molecule has 0 aliphatic heterocycles. The van der Waals surface area contributed by atoms with Gasteiger partial charge in [0.2, 0.25) is 0 Å². The van der Waals surface area contributed by atoms with Crippen LogP contribution in [0.3, 0.4) is 0 Å². The normalized spacial score (nSPS) is 16.6. The molecule has 0 saturated carbocycles. The predicted octanol–water partition coefficient (Wildman–Crippen LogP) is 5.17. The Morgan fingerprint density at radius 1 is 1.15 bits per heavy atom. The summed E-state index contributed by atoms with van der Waals surface area (Å²) in [5.41, 5.74) is 5.48. The van der Waals surface area contributed by atoms with Crippen LogP contribution in [0.4, 0.5) is 0 Å². The molecule has 1 aliphatic carbocycles. The van der Waals surface area contributed by atoms with Gasteiger partial charge in [0, 0.05) is 22.6 Å². The predicted molar refractivity (Wildman–Crippen MR) is 108 cm³/mol. The lowest BCUT2D eigenvalue weighted by molar-refractivity contribution is 0.318. The third-order valence-electron chi connectivity index (χ3n) is 5.30. The smallest absolute Gasteiger partial charge is 0.120 e. The number of aryl methyl sites for hydroxylation is 1. The quantitative estimate of drug-likeness (QED) is 0.618. The van der Waals surface area contributed by atoms with Crippen LogP contribution in [0.1, 0.15) is 49.0 Å². The number of ether oxygens (including phenoxy) is 1. The fourth-order valence-electron chi connectivity index (χ4n) is 3.99. The first-order valence-electron chi connectivity index (χ1n) is 9.89. The van der Waals surface area contributed by atoms with Crippen LogP contribution in [0.5, 0.6) is 5.75 Å². The van der Waals surface area contributed by atoms with Crippen molar-refractivity contribution >= 4 is 10.9 Å². The molecule has 26 heavy (non-hydrogen) atoms. The molecule has 0 spiro atoms. The zero-order valence-electron chi connectivity index (χ0n) is 15.6. The molecule has 2 N–H and O–H groups in total. The van der Waals surface area contributed by atoms with Crippen LogP contribution >= 0.6 is 0 Å². The Morgan fingerprint density at radius 3 is 2.88 bits per heavy atom. The molecule has 0 saturated heterocycles. The van der Waals surface area contributed by atoms with Gasteiger partial charge in [-0.1, -0.05) is 37.3 Å². The van der Waals surface area contributed by atoms with Gasteiger partial charge in [-0.05, 0) is 68.0 Å². The number of H-pyrrole nitrogens is 1. The molecule has 1 aromatic heterocycles. The average molecular weight is 348 g/mol. The molecule has 0 bridgehead atoms. The fraction of sp³-hybridized carbons (Fsp3) is 0.391. The van der Waals surface area contributed by atoms with E-state index in [1.54, 1.807) is 0 Å². The molecule has 4 rings (SSSR count). The zero-order valence-corrected chi connectivity index (χ0v) is 15.6. The molecular weight excluding hydrogens is 320 g/mol. The lowest BCUT2D eigenvalue weighted by Gasteiger charge is -2.24. The standard InChI is InChI=1S/C23H28N2O/c1-2-15-26-18-11-12-21-20(16-18)19-9-6-10-22(23(19)25-21)24-14-13-17-7-4-3-5-8-17/h3-5,7-8,11-12,16,22,24-25H,2,6,9-10,13-15H2,1H3. The highest BCUT2D eigenvalue weighted by Crippen LogP contribution is 2.36. The Kier molecular flexibility index (Phi) is 5.26. The molecule has 3 heteroatoms. The van der Waals surface area contributed by atoms with Gasteiger partial charge in [0.15, 0.2) is 0 Å². The Labute approximate surface area is 155 Å². The second kappa shape index (κ2) is 7.96. The van der Waals surface area contributed by atoms with Crippen molar-refractivity contribution in [2.24, 2.45) is 0 Å². The van der Waals surface area contributed by atoms with E-state index in [0.717, 1.165) is 38.2 Å². The van der Waals surface area contributed by atoms with Crippen LogP contribution in [0.25, 0.3) is 10.9 Å². The molecule has 2 aromatic carbocycles. The fourth-order valence-corrected chi connectivity index (χ4v) is 3.99. The summed E-state index contributed by atoms with van der Waals surface area (Å²) in [5, 5.41) is 5.11. The van der Waals surface area contributed by atoms with Gasteiger partial charge >= 0.3 is 0 Å². The highest BCUT2D eigenvalue weighted by Gasteiger charge is 2.24. The second-order valence-corrected chi connectivity index (χ2v) is 7.21. The third-order valence-corrected chi connectivity index (χ3v) is 5.30. The van der Waals surface area contributed by atoms with Crippen LogP contribution in [0.15, 0.2) is 48.5 Å². The summed E-state index contributed by atoms with van der Waals surface area (Å²) in [6.07, 6.45) is 5.71. The van der Waals surface area contributed by atoms with Gasteiger partial charge in [-0.2, -0.15) is 0 Å². The Hall–Kier alpha value is -2.26. The molecule has 1 atom stereocenters. The van der Waals surface area contributed by atoms with Gasteiger partial charge in [0.1, 0.15) is 5.75 Å². The van der Waals surface area contributed by atoms with E-state index < -0.39 is 0 Å². The number of hydrogen-bond donors (Lipinski definition) is 2. The molecule has 3 nitrogen and oxygen atoms in total. The Morgan fingerprint density at radius 2 is 2.04 bits per heavy atom. The highest BCUT2D eigenvalue weighted by molar-refractivity contribution is 5.86. The van der Waals surface area contributed by atoms with E-state index in [1.807, 2.05) is 0 Å². The largest absolute Gasteiger partial charge is 0.494 e. The van der Waals surface area contributed by atoms with Crippen LogP contribution in [0.2, 0.25) is 0 Å². The minimum absolute atomic E-state index is 0.426. The van der Waals surface area contributed by atoms with Gasteiger partial charge in [0.05, 0.1) is 6.61 Å². The van der Waals surface area contributed by atoms with Crippen molar-refractivity contribution in [3.8, 4) is 5.75 Å². The molecule has 1 heterocycles. The van der Waals surface area contributed by atoms with E-state index in [4.69, 9.17) is 4.74 Å². The maximum absolute atomic E-state index is 5.83. The number of hydrogen-bond acceptors (Lipinski definition) is 2. The van der Waals surface area contributed by atoms with E-state index in [-0.39, 0.29) is 0 Å². The molecule has 0 fully saturated rings. The number of aromatic nitrogens is 1. The number of fused-ring (bicyclic) bond motifs is 3. The molecular formula is C23H28N2O. The third kappa shape index (κ3) is 3.63. The van der Waals surface area contributed by atoms with E-state index in [9.17, 15) is 0 Å². The molecule has 0 amide bonds. The number of aromatic amines is 1. The summed E-state index contributed by atoms with van der Waals surface area (Å²) < 4.78 is 5.83. The lowest BCUT2D eigenvalue weighted by atomic mass is 9.91. The van der Waals surface area contributed by atoms with Gasteiger partial charge in [-0.15, -0.1) is 0 Å². The first-order chi connectivity index (χ1) is 12.8. The van der Waals surface area contributed by atoms with Crippen molar-refractivity contribution in [1.82, 2.24) is 10.3 Å². The van der Waals surface area contributed by atoms with Crippen molar-refractivity contribution in [3.63, 3.8) is 0 Å². The summed E-state index contributed by atoms with van der Waals surface area (Å²) in [5.74, 6) is 0.986. The topological polar surface area (TPSA) is 37.0 Å². The summed E-state index contributed by atoms with van der Waals surface area (Å²) in [7, 11) is 0. The zero-order chi connectivity index (χ0) is 17.8. The van der Waals surface area contributed by atoms with E-state index in [1.165, 1.54) is 40.6 Å². The van der Waals surface area contributed by atoms with Gasteiger partial charge in [-0.25, -0.2) is 0 Å².